The summed E-state index contributed by atoms with van der Waals surface area (Å²) in [5.41, 5.74) is 0. The highest BCUT2D eigenvalue weighted by molar-refractivity contribution is 7.10. The van der Waals surface area contributed by atoms with Gasteiger partial charge in [0, 0.05) is 17.3 Å². The van der Waals surface area contributed by atoms with Crippen LogP contribution in [0.25, 0.3) is 0 Å². The second-order valence-corrected chi connectivity index (χ2v) is 5.29. The zero-order valence-electron chi connectivity index (χ0n) is 10.1. The first-order valence-electron chi connectivity index (χ1n) is 5.89. The molecule has 1 unspecified atom stereocenters. The smallest absolute Gasteiger partial charge is 0.0621 e. The lowest BCUT2D eigenvalue weighted by Gasteiger charge is -2.21. The topological polar surface area (TPSA) is 35.8 Å². The largest absolute Gasteiger partial charge is 0.309 e. The van der Waals surface area contributed by atoms with Gasteiger partial charge in [-0.05, 0) is 36.8 Å². The van der Waals surface area contributed by atoms with Gasteiger partial charge in [0.2, 0.25) is 0 Å². The molecule has 0 amide bonds. The molecule has 0 aromatic carbocycles. The molecule has 0 bridgehead atoms. The van der Waals surface area contributed by atoms with E-state index in [1.54, 1.807) is 0 Å². The van der Waals surface area contributed by atoms with E-state index in [0.717, 1.165) is 19.4 Å². The summed E-state index contributed by atoms with van der Waals surface area (Å²) in [5.74, 6) is 0.606. The quantitative estimate of drug-likeness (QED) is 0.732. The molecule has 1 heterocycles. The average molecular weight is 236 g/mol. The number of thiophene rings is 1. The number of nitrogens with zero attached hydrogens (tertiary/aromatic N) is 1. The van der Waals surface area contributed by atoms with Crippen molar-refractivity contribution in [2.24, 2.45) is 5.92 Å². The average Bonchev–Trinajstić information content (AvgIpc) is 2.76. The van der Waals surface area contributed by atoms with Crippen LogP contribution < -0.4 is 5.32 Å². The van der Waals surface area contributed by atoms with Gasteiger partial charge in [-0.15, -0.1) is 11.3 Å². The van der Waals surface area contributed by atoms with Gasteiger partial charge in [-0.1, -0.05) is 19.9 Å². The lowest BCUT2D eigenvalue weighted by molar-refractivity contribution is 0.413. The minimum absolute atomic E-state index is 0.460. The molecular weight excluding hydrogens is 216 g/mol. The Kier molecular flexibility index (Phi) is 6.14. The maximum atomic E-state index is 8.44. The Labute approximate surface area is 102 Å². The summed E-state index contributed by atoms with van der Waals surface area (Å²) in [4.78, 5) is 1.41. The SMILES string of the molecule is CC(C)C(NCCCCC#N)c1cccs1. The first-order chi connectivity index (χ1) is 7.75. The summed E-state index contributed by atoms with van der Waals surface area (Å²) in [6.07, 6.45) is 2.76. The molecule has 0 saturated carbocycles. The molecule has 1 N–H and O–H groups in total. The van der Waals surface area contributed by atoms with E-state index in [1.807, 2.05) is 11.3 Å². The Bertz CT molecular complexity index is 311. The molecule has 0 radical (unpaired) electrons. The molecule has 0 fully saturated rings. The zero-order chi connectivity index (χ0) is 11.8. The lowest BCUT2D eigenvalue weighted by atomic mass is 10.0. The van der Waals surface area contributed by atoms with Crippen molar-refractivity contribution < 1.29 is 0 Å². The minimum atomic E-state index is 0.460. The molecule has 0 aliphatic rings. The van der Waals surface area contributed by atoms with E-state index < -0.39 is 0 Å². The number of nitrogens with one attached hydrogen (secondary N) is 1. The third-order valence-electron chi connectivity index (χ3n) is 2.60. The Balaban J connectivity index is 2.33. The monoisotopic (exact) mass is 236 g/mol. The Morgan fingerprint density at radius 2 is 2.25 bits per heavy atom. The van der Waals surface area contributed by atoms with E-state index in [2.05, 4.69) is 42.7 Å². The predicted octanol–water partition coefficient (Wildman–Crippen LogP) is 3.73. The van der Waals surface area contributed by atoms with Gasteiger partial charge in [0.25, 0.3) is 0 Å². The molecule has 1 aromatic heterocycles. The van der Waals surface area contributed by atoms with Gasteiger partial charge in [-0.25, -0.2) is 0 Å². The fourth-order valence-electron chi connectivity index (χ4n) is 1.72. The molecule has 16 heavy (non-hydrogen) atoms. The molecule has 3 heteroatoms. The summed E-state index contributed by atoms with van der Waals surface area (Å²) in [7, 11) is 0. The Hall–Kier alpha value is -0.850. The first kappa shape index (κ1) is 13.2. The van der Waals surface area contributed by atoms with Gasteiger partial charge in [0.05, 0.1) is 6.07 Å². The summed E-state index contributed by atoms with van der Waals surface area (Å²) in [5, 5.41) is 14.2. The Morgan fingerprint density at radius 1 is 1.44 bits per heavy atom. The number of hydrogen-bond acceptors (Lipinski definition) is 3. The van der Waals surface area contributed by atoms with Gasteiger partial charge in [-0.2, -0.15) is 5.26 Å². The summed E-state index contributed by atoms with van der Waals surface area (Å²) < 4.78 is 0. The second-order valence-electron chi connectivity index (χ2n) is 4.31. The maximum absolute atomic E-state index is 8.44. The van der Waals surface area contributed by atoms with Crippen molar-refractivity contribution in [1.82, 2.24) is 5.32 Å². The van der Waals surface area contributed by atoms with Crippen molar-refractivity contribution in [3.05, 3.63) is 22.4 Å². The molecule has 0 aliphatic heterocycles. The van der Waals surface area contributed by atoms with Gasteiger partial charge < -0.3 is 5.32 Å². The minimum Gasteiger partial charge on any atom is -0.309 e. The number of unbranched alkanes of at least 4 members (excludes halogenated alkanes) is 2. The van der Waals surface area contributed by atoms with Gasteiger partial charge in [0.15, 0.2) is 0 Å². The van der Waals surface area contributed by atoms with Crippen LogP contribution in [0.15, 0.2) is 17.5 Å². The number of nitriles is 1. The van der Waals surface area contributed by atoms with Gasteiger partial charge >= 0.3 is 0 Å². The van der Waals surface area contributed by atoms with E-state index in [-0.39, 0.29) is 0 Å². The van der Waals surface area contributed by atoms with Gasteiger partial charge in [-0.3, -0.25) is 0 Å². The molecule has 1 rings (SSSR count). The van der Waals surface area contributed by atoms with E-state index in [9.17, 15) is 0 Å². The molecular formula is C13H20N2S. The lowest BCUT2D eigenvalue weighted by Crippen LogP contribution is -2.25. The highest BCUT2D eigenvalue weighted by Crippen LogP contribution is 2.25. The van der Waals surface area contributed by atoms with Crippen molar-refractivity contribution in [3.8, 4) is 6.07 Å². The van der Waals surface area contributed by atoms with E-state index in [1.165, 1.54) is 4.88 Å². The maximum Gasteiger partial charge on any atom is 0.0621 e. The van der Waals surface area contributed by atoms with Crippen molar-refractivity contribution in [2.45, 2.75) is 39.2 Å². The highest BCUT2D eigenvalue weighted by atomic mass is 32.1. The fraction of sp³-hybridized carbons (Fsp3) is 0.615. The van der Waals surface area contributed by atoms with Crippen LogP contribution in [0.2, 0.25) is 0 Å². The summed E-state index contributed by atoms with van der Waals surface area (Å²) >= 11 is 1.81. The Morgan fingerprint density at radius 3 is 2.81 bits per heavy atom. The molecule has 1 aromatic rings. The highest BCUT2D eigenvalue weighted by Gasteiger charge is 2.15. The van der Waals surface area contributed by atoms with E-state index >= 15 is 0 Å². The molecule has 1 atom stereocenters. The van der Waals surface area contributed by atoms with Crippen LogP contribution in [0.1, 0.15) is 44.0 Å². The van der Waals surface area contributed by atoms with Crippen molar-refractivity contribution >= 4 is 11.3 Å². The fourth-order valence-corrected chi connectivity index (χ4v) is 2.69. The second kappa shape index (κ2) is 7.43. The van der Waals surface area contributed by atoms with Crippen LogP contribution in [0.4, 0.5) is 0 Å². The van der Waals surface area contributed by atoms with Crippen LogP contribution in [0.5, 0.6) is 0 Å². The molecule has 0 saturated heterocycles. The number of rotatable bonds is 7. The standard InChI is InChI=1S/C13H20N2S/c1-11(2)13(12-7-6-10-16-12)15-9-5-3-4-8-14/h6-7,10-11,13,15H,3-5,9H2,1-2H3. The van der Waals surface area contributed by atoms with Crippen molar-refractivity contribution in [3.63, 3.8) is 0 Å². The van der Waals surface area contributed by atoms with E-state index in [4.69, 9.17) is 5.26 Å². The van der Waals surface area contributed by atoms with E-state index in [0.29, 0.717) is 18.4 Å². The zero-order valence-corrected chi connectivity index (χ0v) is 10.9. The predicted molar refractivity (Wildman–Crippen MR) is 69.4 cm³/mol. The summed E-state index contributed by atoms with van der Waals surface area (Å²) in [6, 6.07) is 6.94. The molecule has 2 nitrogen and oxygen atoms in total. The normalized spacial score (nSPS) is 12.6. The third kappa shape index (κ3) is 4.34. The number of hydrogen-bond donors (Lipinski definition) is 1. The molecule has 0 aliphatic carbocycles. The summed E-state index contributed by atoms with van der Waals surface area (Å²) in [6.45, 7) is 5.49. The molecule has 0 spiro atoms. The third-order valence-corrected chi connectivity index (χ3v) is 3.55. The van der Waals surface area contributed by atoms with Gasteiger partial charge in [0.1, 0.15) is 0 Å². The van der Waals surface area contributed by atoms with Crippen molar-refractivity contribution in [2.75, 3.05) is 6.54 Å². The van der Waals surface area contributed by atoms with Crippen molar-refractivity contribution in [1.29, 1.82) is 5.26 Å². The molecule has 88 valence electrons. The van der Waals surface area contributed by atoms with Crippen LogP contribution in [-0.2, 0) is 0 Å². The van der Waals surface area contributed by atoms with Crippen LogP contribution >= 0.6 is 11.3 Å². The van der Waals surface area contributed by atoms with Crippen LogP contribution in [0.3, 0.4) is 0 Å². The van der Waals surface area contributed by atoms with Crippen LogP contribution in [0, 0.1) is 17.2 Å². The van der Waals surface area contributed by atoms with Crippen LogP contribution in [-0.4, -0.2) is 6.54 Å². The first-order valence-corrected chi connectivity index (χ1v) is 6.77.